The van der Waals surface area contributed by atoms with Crippen LogP contribution in [0, 0.1) is 0 Å². The Balaban J connectivity index is 2.05. The Morgan fingerprint density at radius 3 is 2.71 bits per heavy atom. The number of carboxylic acids is 1. The van der Waals surface area contributed by atoms with Crippen molar-refractivity contribution in [3.05, 3.63) is 20.8 Å². The summed E-state index contributed by atoms with van der Waals surface area (Å²) in [5, 5.41) is 10.5. The molecule has 1 aromatic heterocycles. The van der Waals surface area contributed by atoms with E-state index < -0.39 is 5.97 Å². The molecule has 17 heavy (non-hydrogen) atoms. The smallest absolute Gasteiger partial charge is 0.305 e. The van der Waals surface area contributed by atoms with Gasteiger partial charge in [-0.1, -0.05) is 0 Å². The molecule has 0 radical (unpaired) electrons. The van der Waals surface area contributed by atoms with Crippen LogP contribution in [0.3, 0.4) is 0 Å². The molecule has 1 aliphatic carbocycles. The van der Waals surface area contributed by atoms with Crippen molar-refractivity contribution >= 4 is 39.1 Å². The summed E-state index contributed by atoms with van der Waals surface area (Å²) < 4.78 is 0.912. The third-order valence-electron chi connectivity index (χ3n) is 2.63. The predicted octanol–water partition coefficient (Wildman–Crippen LogP) is 2.59. The molecule has 0 unspecified atom stereocenters. The lowest BCUT2D eigenvalue weighted by molar-refractivity contribution is -0.137. The van der Waals surface area contributed by atoms with E-state index in [4.69, 9.17) is 5.11 Å². The van der Waals surface area contributed by atoms with Crippen LogP contribution in [0.5, 0.6) is 0 Å². The van der Waals surface area contributed by atoms with Gasteiger partial charge in [-0.25, -0.2) is 0 Å². The highest BCUT2D eigenvalue weighted by atomic mass is 79.9. The molecular formula is C11H12BrNO3S. The van der Waals surface area contributed by atoms with E-state index in [1.54, 1.807) is 16.3 Å². The van der Waals surface area contributed by atoms with Gasteiger partial charge in [-0.2, -0.15) is 0 Å². The monoisotopic (exact) mass is 317 g/mol. The van der Waals surface area contributed by atoms with Crippen LogP contribution in [0.2, 0.25) is 0 Å². The third-order valence-corrected chi connectivity index (χ3v) is 4.13. The van der Waals surface area contributed by atoms with Crippen molar-refractivity contribution in [2.24, 2.45) is 0 Å². The number of carboxylic acid groups (broad SMARTS) is 1. The average molecular weight is 318 g/mol. The lowest BCUT2D eigenvalue weighted by Crippen LogP contribution is -2.34. The minimum Gasteiger partial charge on any atom is -0.481 e. The molecule has 1 heterocycles. The van der Waals surface area contributed by atoms with Crippen LogP contribution in [-0.2, 0) is 4.79 Å². The lowest BCUT2D eigenvalue weighted by Gasteiger charge is -2.20. The molecule has 1 N–H and O–H groups in total. The highest BCUT2D eigenvalue weighted by Crippen LogP contribution is 2.30. The van der Waals surface area contributed by atoms with Crippen LogP contribution in [-0.4, -0.2) is 34.5 Å². The van der Waals surface area contributed by atoms with E-state index in [1.165, 1.54) is 11.3 Å². The molecule has 0 aliphatic heterocycles. The summed E-state index contributed by atoms with van der Waals surface area (Å²) in [6.07, 6.45) is 1.97. The minimum atomic E-state index is -0.866. The first-order valence-corrected chi connectivity index (χ1v) is 7.02. The molecule has 1 amide bonds. The molecule has 1 fully saturated rings. The number of carbonyl (C=O) groups is 2. The maximum absolute atomic E-state index is 12.2. The first-order chi connectivity index (χ1) is 8.08. The Morgan fingerprint density at radius 1 is 1.53 bits per heavy atom. The molecule has 0 atom stereocenters. The molecule has 2 rings (SSSR count). The number of nitrogens with zero attached hydrogens (tertiary/aromatic N) is 1. The second kappa shape index (κ2) is 5.18. The average Bonchev–Trinajstić information content (AvgIpc) is 3.00. The normalized spacial score (nSPS) is 14.6. The van der Waals surface area contributed by atoms with Crippen molar-refractivity contribution in [1.29, 1.82) is 0 Å². The zero-order valence-corrected chi connectivity index (χ0v) is 11.5. The van der Waals surface area contributed by atoms with E-state index in [-0.39, 0.29) is 18.4 Å². The van der Waals surface area contributed by atoms with E-state index in [2.05, 4.69) is 15.9 Å². The molecule has 4 nitrogen and oxygen atoms in total. The van der Waals surface area contributed by atoms with Gasteiger partial charge in [0.2, 0.25) is 0 Å². The zero-order valence-electron chi connectivity index (χ0n) is 9.06. The Bertz CT molecular complexity index is 442. The molecular weight excluding hydrogens is 306 g/mol. The fourth-order valence-electron chi connectivity index (χ4n) is 1.64. The van der Waals surface area contributed by atoms with Crippen LogP contribution in [0.1, 0.15) is 29.6 Å². The Morgan fingerprint density at radius 2 is 2.24 bits per heavy atom. The summed E-state index contributed by atoms with van der Waals surface area (Å²) in [5.74, 6) is -0.925. The molecule has 0 bridgehead atoms. The molecule has 92 valence electrons. The largest absolute Gasteiger partial charge is 0.481 e. The van der Waals surface area contributed by atoms with Crippen LogP contribution in [0.4, 0.5) is 0 Å². The molecule has 0 aromatic carbocycles. The standard InChI is InChI=1S/C11H12BrNO3S/c12-9-5-7(6-17-9)11(16)13(8-1-2-8)4-3-10(14)15/h5-6,8H,1-4H2,(H,14,15). The summed E-state index contributed by atoms with van der Waals surface area (Å²) in [5.41, 5.74) is 0.638. The molecule has 1 aromatic rings. The van der Waals surface area contributed by atoms with Crippen molar-refractivity contribution < 1.29 is 14.7 Å². The van der Waals surface area contributed by atoms with Gasteiger partial charge in [0.1, 0.15) is 0 Å². The maximum Gasteiger partial charge on any atom is 0.305 e. The maximum atomic E-state index is 12.2. The number of rotatable bonds is 5. The fourth-order valence-corrected chi connectivity index (χ4v) is 2.77. The van der Waals surface area contributed by atoms with Gasteiger partial charge < -0.3 is 10.0 Å². The van der Waals surface area contributed by atoms with Crippen molar-refractivity contribution in [2.75, 3.05) is 6.54 Å². The number of halogens is 1. The predicted molar refractivity (Wildman–Crippen MR) is 68.3 cm³/mol. The van der Waals surface area contributed by atoms with Crippen molar-refractivity contribution in [3.8, 4) is 0 Å². The molecule has 0 spiro atoms. The molecule has 1 aliphatic rings. The first kappa shape index (κ1) is 12.6. The number of amides is 1. The number of thiophene rings is 1. The van der Waals surface area contributed by atoms with Gasteiger partial charge in [-0.3, -0.25) is 9.59 Å². The van der Waals surface area contributed by atoms with Crippen molar-refractivity contribution in [1.82, 2.24) is 4.90 Å². The number of aliphatic carboxylic acids is 1. The van der Waals surface area contributed by atoms with Crippen LogP contribution < -0.4 is 0 Å². The SMILES string of the molecule is O=C(O)CCN(C(=O)c1csc(Br)c1)C1CC1. The Hall–Kier alpha value is -0.880. The minimum absolute atomic E-state index is 0.00749. The Labute approximate surface area is 111 Å². The van der Waals surface area contributed by atoms with Crippen molar-refractivity contribution in [2.45, 2.75) is 25.3 Å². The summed E-state index contributed by atoms with van der Waals surface area (Å²) in [6.45, 7) is 0.298. The van der Waals surface area contributed by atoms with E-state index in [0.717, 1.165) is 16.6 Å². The summed E-state index contributed by atoms with van der Waals surface area (Å²) in [6, 6.07) is 2.02. The van der Waals surface area contributed by atoms with E-state index in [0.29, 0.717) is 12.1 Å². The van der Waals surface area contributed by atoms with Crippen molar-refractivity contribution in [3.63, 3.8) is 0 Å². The van der Waals surface area contributed by atoms with Gasteiger partial charge in [-0.15, -0.1) is 11.3 Å². The van der Waals surface area contributed by atoms with Crippen LogP contribution in [0.25, 0.3) is 0 Å². The lowest BCUT2D eigenvalue weighted by atomic mass is 10.2. The van der Waals surface area contributed by atoms with Gasteiger partial charge in [-0.05, 0) is 34.8 Å². The summed E-state index contributed by atoms with van der Waals surface area (Å²) in [4.78, 5) is 24.4. The molecule has 6 heteroatoms. The van der Waals surface area contributed by atoms with Gasteiger partial charge in [0.05, 0.1) is 15.8 Å². The van der Waals surface area contributed by atoms with Gasteiger partial charge >= 0.3 is 5.97 Å². The van der Waals surface area contributed by atoms with Crippen LogP contribution in [0.15, 0.2) is 15.2 Å². The number of hydrogen-bond donors (Lipinski definition) is 1. The number of carbonyl (C=O) groups excluding carboxylic acids is 1. The second-order valence-corrected chi connectivity index (χ2v) is 6.30. The van der Waals surface area contributed by atoms with E-state index >= 15 is 0 Å². The fraction of sp³-hybridized carbons (Fsp3) is 0.455. The molecule has 1 saturated carbocycles. The molecule has 0 saturated heterocycles. The summed E-state index contributed by atoms with van der Waals surface area (Å²) >= 11 is 4.78. The highest BCUT2D eigenvalue weighted by molar-refractivity contribution is 9.11. The highest BCUT2D eigenvalue weighted by Gasteiger charge is 2.33. The van der Waals surface area contributed by atoms with E-state index in [1.807, 2.05) is 0 Å². The zero-order chi connectivity index (χ0) is 12.4. The summed E-state index contributed by atoms with van der Waals surface area (Å²) in [7, 11) is 0. The van der Waals surface area contributed by atoms with E-state index in [9.17, 15) is 9.59 Å². The topological polar surface area (TPSA) is 57.6 Å². The first-order valence-electron chi connectivity index (χ1n) is 5.34. The quantitative estimate of drug-likeness (QED) is 0.908. The Kier molecular flexibility index (Phi) is 3.83. The van der Waals surface area contributed by atoms with Gasteiger partial charge in [0, 0.05) is 18.0 Å². The van der Waals surface area contributed by atoms with Gasteiger partial charge in [0.15, 0.2) is 0 Å². The third kappa shape index (κ3) is 3.29. The van der Waals surface area contributed by atoms with Gasteiger partial charge in [0.25, 0.3) is 5.91 Å². The second-order valence-electron chi connectivity index (χ2n) is 4.01. The number of hydrogen-bond acceptors (Lipinski definition) is 3. The van der Waals surface area contributed by atoms with Crippen LogP contribution >= 0.6 is 27.3 Å².